The van der Waals surface area contributed by atoms with Crippen LogP contribution in [0.2, 0.25) is 0 Å². The summed E-state index contributed by atoms with van der Waals surface area (Å²) in [5.74, 6) is -0.528. The normalized spacial score (nSPS) is 10.1. The van der Waals surface area contributed by atoms with Gasteiger partial charge >= 0.3 is 0 Å². The molecule has 0 aliphatic heterocycles. The summed E-state index contributed by atoms with van der Waals surface area (Å²) in [6.45, 7) is 0.632. The molecule has 0 aliphatic carbocycles. The van der Waals surface area contributed by atoms with Crippen LogP contribution in [0.4, 0.5) is 17.1 Å². The van der Waals surface area contributed by atoms with E-state index in [0.29, 0.717) is 30.1 Å². The maximum atomic E-state index is 12.3. The Bertz CT molecular complexity index is 887. The number of nitro groups is 1. The maximum absolute atomic E-state index is 12.3. The van der Waals surface area contributed by atoms with Gasteiger partial charge < -0.3 is 25.4 Å². The fraction of sp³-hybridized carbons (Fsp3) is 0.263. The van der Waals surface area contributed by atoms with Gasteiger partial charge in [-0.05, 0) is 18.2 Å². The molecule has 0 radical (unpaired) electrons. The number of ether oxygens (including phenoxy) is 2. The number of hydrogen-bond acceptors (Lipinski definition) is 7. The predicted octanol–water partition coefficient (Wildman–Crippen LogP) is 2.03. The van der Waals surface area contributed by atoms with Crippen LogP contribution in [0.15, 0.2) is 42.5 Å². The lowest BCUT2D eigenvalue weighted by atomic mass is 10.1. The van der Waals surface area contributed by atoms with Gasteiger partial charge in [0.15, 0.2) is 0 Å². The van der Waals surface area contributed by atoms with E-state index in [9.17, 15) is 19.7 Å². The van der Waals surface area contributed by atoms with E-state index in [1.165, 1.54) is 25.3 Å². The molecule has 0 unspecified atom stereocenters. The first kappa shape index (κ1) is 21.6. The number of nitro benzene ring substituents is 1. The Labute approximate surface area is 167 Å². The lowest BCUT2D eigenvalue weighted by molar-refractivity contribution is -0.384. The topological polar surface area (TPSA) is 132 Å². The number of carbonyl (C=O) groups excluding carboxylic acids is 2. The fourth-order valence-electron chi connectivity index (χ4n) is 2.46. The summed E-state index contributed by atoms with van der Waals surface area (Å²) in [6.07, 6.45) is 0. The molecule has 0 atom stereocenters. The van der Waals surface area contributed by atoms with Crippen molar-refractivity contribution in [2.24, 2.45) is 0 Å². The molecular weight excluding hydrogens is 380 g/mol. The van der Waals surface area contributed by atoms with Gasteiger partial charge in [-0.2, -0.15) is 0 Å². The minimum atomic E-state index is -0.551. The molecule has 0 aromatic heterocycles. The van der Waals surface area contributed by atoms with E-state index >= 15 is 0 Å². The fourth-order valence-corrected chi connectivity index (χ4v) is 2.46. The molecule has 3 N–H and O–H groups in total. The quantitative estimate of drug-likeness (QED) is 0.315. The van der Waals surface area contributed by atoms with Crippen molar-refractivity contribution in [3.8, 4) is 5.75 Å². The zero-order valence-electron chi connectivity index (χ0n) is 16.1. The van der Waals surface area contributed by atoms with Crippen LogP contribution in [0.1, 0.15) is 10.4 Å². The van der Waals surface area contributed by atoms with Crippen LogP contribution < -0.4 is 20.7 Å². The Hall–Kier alpha value is -3.66. The summed E-state index contributed by atoms with van der Waals surface area (Å²) in [7, 11) is 2.89. The van der Waals surface area contributed by atoms with Crippen molar-refractivity contribution in [1.29, 1.82) is 0 Å². The Morgan fingerprint density at radius 2 is 1.86 bits per heavy atom. The molecule has 10 nitrogen and oxygen atoms in total. The van der Waals surface area contributed by atoms with Gasteiger partial charge in [0, 0.05) is 25.4 Å². The van der Waals surface area contributed by atoms with Crippen molar-refractivity contribution in [2.75, 3.05) is 44.5 Å². The number of hydrogen-bond donors (Lipinski definition) is 3. The van der Waals surface area contributed by atoms with Crippen molar-refractivity contribution >= 4 is 28.9 Å². The van der Waals surface area contributed by atoms with Crippen molar-refractivity contribution < 1.29 is 24.0 Å². The minimum absolute atomic E-state index is 0.123. The third-order valence-corrected chi connectivity index (χ3v) is 3.87. The highest BCUT2D eigenvalue weighted by Crippen LogP contribution is 2.28. The summed E-state index contributed by atoms with van der Waals surface area (Å²) < 4.78 is 10.00. The van der Waals surface area contributed by atoms with Gasteiger partial charge in [-0.25, -0.2) is 0 Å². The number of amides is 2. The zero-order valence-corrected chi connectivity index (χ0v) is 16.1. The van der Waals surface area contributed by atoms with Crippen LogP contribution in [0.5, 0.6) is 5.75 Å². The summed E-state index contributed by atoms with van der Waals surface area (Å²) in [5.41, 5.74) is 1.04. The third-order valence-electron chi connectivity index (χ3n) is 3.87. The molecule has 0 heterocycles. The number of rotatable bonds is 10. The maximum Gasteiger partial charge on any atom is 0.273 e. The van der Waals surface area contributed by atoms with Crippen LogP contribution in [-0.2, 0) is 9.53 Å². The number of nitrogens with one attached hydrogen (secondary N) is 3. The standard InChI is InChI=1S/C19H22N4O6/c1-28-10-9-20-19(25)14-5-3-4-6-15(14)21-12-18(24)22-16-8-7-13(23(26)27)11-17(16)29-2/h3-8,11,21H,9-10,12H2,1-2H3,(H,20,25)(H,22,24). The summed E-state index contributed by atoms with van der Waals surface area (Å²) >= 11 is 0. The Kier molecular flexibility index (Phi) is 7.92. The second kappa shape index (κ2) is 10.6. The predicted molar refractivity (Wildman–Crippen MR) is 107 cm³/mol. The van der Waals surface area contributed by atoms with Crippen LogP contribution in [0, 0.1) is 10.1 Å². The number of benzene rings is 2. The molecule has 0 spiro atoms. The van der Waals surface area contributed by atoms with E-state index in [1.807, 2.05) is 0 Å². The second-order valence-corrected chi connectivity index (χ2v) is 5.84. The highest BCUT2D eigenvalue weighted by molar-refractivity contribution is 6.01. The monoisotopic (exact) mass is 402 g/mol. The van der Waals surface area contributed by atoms with Crippen LogP contribution in [-0.4, -0.2) is 50.7 Å². The first-order valence-corrected chi connectivity index (χ1v) is 8.68. The number of carbonyl (C=O) groups is 2. The molecule has 2 aromatic rings. The molecule has 0 bridgehead atoms. The molecule has 0 aliphatic rings. The smallest absolute Gasteiger partial charge is 0.273 e. The van der Waals surface area contributed by atoms with Gasteiger partial charge in [0.25, 0.3) is 11.6 Å². The van der Waals surface area contributed by atoms with Crippen LogP contribution in [0.3, 0.4) is 0 Å². The first-order chi connectivity index (χ1) is 14.0. The van der Waals surface area contributed by atoms with Gasteiger partial charge in [-0.3, -0.25) is 19.7 Å². The minimum Gasteiger partial charge on any atom is -0.494 e. The highest BCUT2D eigenvalue weighted by atomic mass is 16.6. The molecule has 0 saturated carbocycles. The van der Waals surface area contributed by atoms with Crippen molar-refractivity contribution in [1.82, 2.24) is 5.32 Å². The van der Waals surface area contributed by atoms with Gasteiger partial charge in [-0.1, -0.05) is 12.1 Å². The van der Waals surface area contributed by atoms with E-state index in [-0.39, 0.29) is 23.9 Å². The second-order valence-electron chi connectivity index (χ2n) is 5.84. The summed E-state index contributed by atoms with van der Waals surface area (Å²) in [5, 5.41) is 19.1. The average Bonchev–Trinajstić information content (AvgIpc) is 2.72. The first-order valence-electron chi connectivity index (χ1n) is 8.68. The highest BCUT2D eigenvalue weighted by Gasteiger charge is 2.15. The molecule has 2 rings (SSSR count). The lowest BCUT2D eigenvalue weighted by Gasteiger charge is -2.13. The lowest BCUT2D eigenvalue weighted by Crippen LogP contribution is -2.28. The van der Waals surface area contributed by atoms with E-state index < -0.39 is 10.8 Å². The Morgan fingerprint density at radius 1 is 1.10 bits per heavy atom. The van der Waals surface area contributed by atoms with Gasteiger partial charge in [0.2, 0.25) is 5.91 Å². The number of nitrogens with zero attached hydrogens (tertiary/aromatic N) is 1. The molecule has 2 aromatic carbocycles. The van der Waals surface area contributed by atoms with Crippen molar-refractivity contribution in [3.63, 3.8) is 0 Å². The van der Waals surface area contributed by atoms with Crippen LogP contribution >= 0.6 is 0 Å². The van der Waals surface area contributed by atoms with Crippen LogP contribution in [0.25, 0.3) is 0 Å². The van der Waals surface area contributed by atoms with Crippen molar-refractivity contribution in [2.45, 2.75) is 0 Å². The molecule has 2 amide bonds. The van der Waals surface area contributed by atoms with E-state index in [4.69, 9.17) is 9.47 Å². The molecule has 10 heteroatoms. The molecule has 0 fully saturated rings. The molecule has 29 heavy (non-hydrogen) atoms. The van der Waals surface area contributed by atoms with E-state index in [1.54, 1.807) is 31.4 Å². The Balaban J connectivity index is 2.01. The van der Waals surface area contributed by atoms with E-state index in [2.05, 4.69) is 16.0 Å². The molecule has 154 valence electrons. The SMILES string of the molecule is COCCNC(=O)c1ccccc1NCC(=O)Nc1ccc([N+](=O)[O-])cc1OC. The van der Waals surface area contributed by atoms with E-state index in [0.717, 1.165) is 0 Å². The number of methoxy groups -OCH3 is 2. The number of para-hydroxylation sites is 1. The molecular formula is C19H22N4O6. The van der Waals surface area contributed by atoms with Gasteiger partial charge in [-0.15, -0.1) is 0 Å². The molecule has 0 saturated heterocycles. The summed E-state index contributed by atoms with van der Waals surface area (Å²) in [6, 6.07) is 10.7. The third kappa shape index (κ3) is 6.18. The zero-order chi connectivity index (χ0) is 21.2. The Morgan fingerprint density at radius 3 is 2.55 bits per heavy atom. The van der Waals surface area contributed by atoms with Crippen molar-refractivity contribution in [3.05, 3.63) is 58.1 Å². The largest absolute Gasteiger partial charge is 0.494 e. The van der Waals surface area contributed by atoms with Gasteiger partial charge in [0.05, 0.1) is 42.5 Å². The number of anilines is 2. The average molecular weight is 402 g/mol. The summed E-state index contributed by atoms with van der Waals surface area (Å²) in [4.78, 5) is 34.8. The van der Waals surface area contributed by atoms with Gasteiger partial charge in [0.1, 0.15) is 5.75 Å². The number of non-ortho nitro benzene ring substituents is 1.